The van der Waals surface area contributed by atoms with E-state index in [2.05, 4.69) is 15.3 Å². The van der Waals surface area contributed by atoms with Crippen LogP contribution in [0.1, 0.15) is 28.8 Å². The number of nitrogens with zero attached hydrogens (tertiary/aromatic N) is 2. The highest BCUT2D eigenvalue weighted by atomic mass is 16.4. The van der Waals surface area contributed by atoms with Gasteiger partial charge in [0.25, 0.3) is 0 Å². The second-order valence-electron chi connectivity index (χ2n) is 5.05. The lowest BCUT2D eigenvalue weighted by Gasteiger charge is -2.09. The largest absolute Gasteiger partial charge is 0.477 e. The van der Waals surface area contributed by atoms with Crippen LogP contribution in [-0.2, 0) is 0 Å². The first-order valence-electron chi connectivity index (χ1n) is 6.57. The molecule has 0 spiro atoms. The molecule has 1 aliphatic carbocycles. The zero-order valence-electron chi connectivity index (χ0n) is 11.1. The lowest BCUT2D eigenvalue weighted by molar-refractivity contribution is 0.0697. The number of aromatic carboxylic acids is 1. The SMILES string of the molecule is Cc1ccc(-c2ncc(C(=O)O)c(NC3CC3)n2)cc1. The third-order valence-electron chi connectivity index (χ3n) is 3.25. The van der Waals surface area contributed by atoms with Crippen molar-refractivity contribution in [2.75, 3.05) is 5.32 Å². The molecule has 2 aromatic rings. The summed E-state index contributed by atoms with van der Waals surface area (Å²) in [6, 6.07) is 8.18. The van der Waals surface area contributed by atoms with Crippen molar-refractivity contribution in [3.8, 4) is 11.4 Å². The van der Waals surface area contributed by atoms with Gasteiger partial charge in [0.15, 0.2) is 5.82 Å². The molecule has 20 heavy (non-hydrogen) atoms. The monoisotopic (exact) mass is 269 g/mol. The molecule has 1 heterocycles. The number of nitrogens with one attached hydrogen (secondary N) is 1. The van der Waals surface area contributed by atoms with Crippen molar-refractivity contribution in [3.05, 3.63) is 41.6 Å². The van der Waals surface area contributed by atoms with E-state index in [0.29, 0.717) is 17.7 Å². The van der Waals surface area contributed by atoms with Crippen LogP contribution < -0.4 is 5.32 Å². The van der Waals surface area contributed by atoms with Gasteiger partial charge < -0.3 is 10.4 Å². The maximum Gasteiger partial charge on any atom is 0.341 e. The molecule has 0 unspecified atom stereocenters. The quantitative estimate of drug-likeness (QED) is 0.892. The van der Waals surface area contributed by atoms with Crippen molar-refractivity contribution < 1.29 is 9.90 Å². The van der Waals surface area contributed by atoms with Gasteiger partial charge in [-0.05, 0) is 19.8 Å². The standard InChI is InChI=1S/C15H15N3O2/c1-9-2-4-10(5-3-9)13-16-8-12(15(19)20)14(18-13)17-11-6-7-11/h2-5,8,11H,6-7H2,1H3,(H,19,20)(H,16,17,18). The summed E-state index contributed by atoms with van der Waals surface area (Å²) < 4.78 is 0. The fourth-order valence-electron chi connectivity index (χ4n) is 1.91. The van der Waals surface area contributed by atoms with Crippen LogP contribution in [0.2, 0.25) is 0 Å². The Kier molecular flexibility index (Phi) is 3.10. The highest BCUT2D eigenvalue weighted by molar-refractivity contribution is 5.93. The molecule has 102 valence electrons. The van der Waals surface area contributed by atoms with E-state index in [1.807, 2.05) is 31.2 Å². The highest BCUT2D eigenvalue weighted by Gasteiger charge is 2.24. The van der Waals surface area contributed by atoms with Gasteiger partial charge in [0, 0.05) is 17.8 Å². The molecule has 1 aromatic carbocycles. The normalized spacial score (nSPS) is 14.1. The topological polar surface area (TPSA) is 75.1 Å². The maximum atomic E-state index is 11.2. The summed E-state index contributed by atoms with van der Waals surface area (Å²) in [5.41, 5.74) is 2.16. The number of carboxylic acid groups (broad SMARTS) is 1. The molecule has 5 heteroatoms. The second kappa shape index (κ2) is 4.92. The number of carboxylic acids is 1. The molecule has 0 aliphatic heterocycles. The summed E-state index contributed by atoms with van der Waals surface area (Å²) in [6.45, 7) is 2.01. The van der Waals surface area contributed by atoms with E-state index >= 15 is 0 Å². The predicted molar refractivity (Wildman–Crippen MR) is 75.8 cm³/mol. The van der Waals surface area contributed by atoms with Crippen LogP contribution in [0.3, 0.4) is 0 Å². The lowest BCUT2D eigenvalue weighted by Crippen LogP contribution is -2.11. The Morgan fingerprint density at radius 1 is 1.30 bits per heavy atom. The molecule has 2 N–H and O–H groups in total. The fourth-order valence-corrected chi connectivity index (χ4v) is 1.91. The van der Waals surface area contributed by atoms with Gasteiger partial charge >= 0.3 is 5.97 Å². The first-order valence-corrected chi connectivity index (χ1v) is 6.57. The van der Waals surface area contributed by atoms with Crippen molar-refractivity contribution in [2.45, 2.75) is 25.8 Å². The molecule has 3 rings (SSSR count). The van der Waals surface area contributed by atoms with Crippen LogP contribution >= 0.6 is 0 Å². The Balaban J connectivity index is 1.99. The number of benzene rings is 1. The summed E-state index contributed by atoms with van der Waals surface area (Å²) in [5, 5.41) is 12.3. The average molecular weight is 269 g/mol. The van der Waals surface area contributed by atoms with E-state index in [1.165, 1.54) is 6.20 Å². The minimum Gasteiger partial charge on any atom is -0.477 e. The van der Waals surface area contributed by atoms with Gasteiger partial charge in [-0.15, -0.1) is 0 Å². The fraction of sp³-hybridized carbons (Fsp3) is 0.267. The van der Waals surface area contributed by atoms with E-state index in [0.717, 1.165) is 24.0 Å². The van der Waals surface area contributed by atoms with Gasteiger partial charge in [0.2, 0.25) is 0 Å². The van der Waals surface area contributed by atoms with Gasteiger partial charge in [-0.1, -0.05) is 29.8 Å². The number of aryl methyl sites for hydroxylation is 1. The van der Waals surface area contributed by atoms with E-state index < -0.39 is 5.97 Å². The molecule has 0 radical (unpaired) electrons. The number of hydrogen-bond donors (Lipinski definition) is 2. The van der Waals surface area contributed by atoms with Crippen LogP contribution in [0.4, 0.5) is 5.82 Å². The molecular formula is C15H15N3O2. The van der Waals surface area contributed by atoms with E-state index in [-0.39, 0.29) is 5.56 Å². The maximum absolute atomic E-state index is 11.2. The van der Waals surface area contributed by atoms with Crippen LogP contribution in [-0.4, -0.2) is 27.1 Å². The average Bonchev–Trinajstić information content (AvgIpc) is 3.23. The van der Waals surface area contributed by atoms with Gasteiger partial charge in [0.05, 0.1) is 0 Å². The van der Waals surface area contributed by atoms with Crippen LogP contribution in [0.5, 0.6) is 0 Å². The molecule has 0 bridgehead atoms. The third kappa shape index (κ3) is 2.61. The Bertz CT molecular complexity index is 649. The highest BCUT2D eigenvalue weighted by Crippen LogP contribution is 2.27. The second-order valence-corrected chi connectivity index (χ2v) is 5.05. The Morgan fingerprint density at radius 3 is 2.60 bits per heavy atom. The third-order valence-corrected chi connectivity index (χ3v) is 3.25. The van der Waals surface area contributed by atoms with Crippen LogP contribution in [0.25, 0.3) is 11.4 Å². The summed E-state index contributed by atoms with van der Waals surface area (Å²) in [4.78, 5) is 19.7. The summed E-state index contributed by atoms with van der Waals surface area (Å²) >= 11 is 0. The van der Waals surface area contributed by atoms with Crippen LogP contribution in [0.15, 0.2) is 30.5 Å². The molecule has 1 saturated carbocycles. The van der Waals surface area contributed by atoms with Gasteiger partial charge in [0.1, 0.15) is 11.4 Å². The van der Waals surface area contributed by atoms with Crippen molar-refractivity contribution in [3.63, 3.8) is 0 Å². The summed E-state index contributed by atoms with van der Waals surface area (Å²) in [7, 11) is 0. The molecular weight excluding hydrogens is 254 g/mol. The van der Waals surface area contributed by atoms with Crippen molar-refractivity contribution in [2.24, 2.45) is 0 Å². The predicted octanol–water partition coefficient (Wildman–Crippen LogP) is 2.72. The van der Waals surface area contributed by atoms with E-state index in [1.54, 1.807) is 0 Å². The molecule has 1 aliphatic rings. The molecule has 0 amide bonds. The van der Waals surface area contributed by atoms with E-state index in [4.69, 9.17) is 0 Å². The molecule has 0 saturated heterocycles. The molecule has 5 nitrogen and oxygen atoms in total. The first kappa shape index (κ1) is 12.6. The summed E-state index contributed by atoms with van der Waals surface area (Å²) in [6.07, 6.45) is 3.49. The zero-order valence-corrected chi connectivity index (χ0v) is 11.1. The molecule has 0 atom stereocenters. The van der Waals surface area contributed by atoms with E-state index in [9.17, 15) is 9.90 Å². The number of rotatable bonds is 4. The number of hydrogen-bond acceptors (Lipinski definition) is 4. The van der Waals surface area contributed by atoms with Gasteiger partial charge in [-0.25, -0.2) is 14.8 Å². The first-order chi connectivity index (χ1) is 9.63. The number of aromatic nitrogens is 2. The van der Waals surface area contributed by atoms with Crippen molar-refractivity contribution >= 4 is 11.8 Å². The molecule has 1 fully saturated rings. The van der Waals surface area contributed by atoms with Gasteiger partial charge in [-0.2, -0.15) is 0 Å². The minimum atomic E-state index is -1.01. The zero-order chi connectivity index (χ0) is 14.1. The van der Waals surface area contributed by atoms with Crippen molar-refractivity contribution in [1.29, 1.82) is 0 Å². The van der Waals surface area contributed by atoms with Gasteiger partial charge in [-0.3, -0.25) is 0 Å². The smallest absolute Gasteiger partial charge is 0.341 e. The van der Waals surface area contributed by atoms with Crippen molar-refractivity contribution in [1.82, 2.24) is 9.97 Å². The van der Waals surface area contributed by atoms with Crippen LogP contribution in [0, 0.1) is 6.92 Å². The summed E-state index contributed by atoms with van der Waals surface area (Å²) in [5.74, 6) is -0.0627. The number of anilines is 1. The minimum absolute atomic E-state index is 0.118. The Hall–Kier alpha value is -2.43. The lowest BCUT2D eigenvalue weighted by atomic mass is 10.1. The Labute approximate surface area is 116 Å². The number of carbonyl (C=O) groups is 1. The Morgan fingerprint density at radius 2 is 2.00 bits per heavy atom. The molecule has 1 aromatic heterocycles.